The molecule has 1 N–H and O–H groups in total. The number of rotatable bonds is 4. The molecule has 6 nitrogen and oxygen atoms in total. The minimum atomic E-state index is -0.497. The second-order valence-corrected chi connectivity index (χ2v) is 6.99. The Balaban J connectivity index is 1.40. The molecule has 1 fully saturated rings. The lowest BCUT2D eigenvalue weighted by Crippen LogP contribution is -2.34. The van der Waals surface area contributed by atoms with E-state index in [-0.39, 0.29) is 18.6 Å². The van der Waals surface area contributed by atoms with Crippen LogP contribution in [0, 0.1) is 0 Å². The molecular weight excluding hydrogens is 338 g/mol. The van der Waals surface area contributed by atoms with Crippen LogP contribution >= 0.6 is 11.3 Å². The molecule has 1 amide bonds. The highest BCUT2D eigenvalue weighted by Gasteiger charge is 2.31. The molecule has 4 rings (SSSR count). The number of nitrogens with one attached hydrogen (secondary N) is 1. The molecule has 7 heteroatoms. The second kappa shape index (κ2) is 6.68. The molecule has 1 saturated heterocycles. The van der Waals surface area contributed by atoms with Crippen LogP contribution in [0.4, 0.5) is 0 Å². The third-order valence-electron chi connectivity index (χ3n) is 4.45. The number of thiophene rings is 1. The molecule has 3 aromatic rings. The maximum atomic E-state index is 12.5. The highest BCUT2D eigenvalue weighted by Crippen LogP contribution is 2.34. The average Bonchev–Trinajstić information content (AvgIpc) is 3.38. The number of benzene rings is 1. The first kappa shape index (κ1) is 15.8. The molecule has 0 unspecified atom stereocenters. The first-order chi connectivity index (χ1) is 12.2. The van der Waals surface area contributed by atoms with Crippen LogP contribution in [0.25, 0.3) is 10.9 Å². The number of fused-ring (bicyclic) bond motifs is 1. The number of ether oxygens (including phenoxy) is 1. The fourth-order valence-corrected chi connectivity index (χ4v) is 4.08. The van der Waals surface area contributed by atoms with Crippen LogP contribution in [0.15, 0.2) is 41.9 Å². The Kier molecular flexibility index (Phi) is 4.23. The lowest BCUT2D eigenvalue weighted by molar-refractivity contribution is -0.135. The first-order valence-electron chi connectivity index (χ1n) is 8.15. The number of nitrogens with zero attached hydrogens (tertiary/aromatic N) is 2. The number of hydrogen-bond donors (Lipinski definition) is 1. The highest BCUT2D eigenvalue weighted by molar-refractivity contribution is 7.10. The summed E-state index contributed by atoms with van der Waals surface area (Å²) in [6, 6.07) is 9.29. The zero-order valence-corrected chi connectivity index (χ0v) is 14.3. The van der Waals surface area contributed by atoms with E-state index in [2.05, 4.69) is 10.2 Å². The topological polar surface area (TPSA) is 75.3 Å². The third-order valence-corrected chi connectivity index (χ3v) is 5.42. The van der Waals surface area contributed by atoms with E-state index < -0.39 is 5.97 Å². The number of amides is 1. The Labute approximate surface area is 148 Å². The van der Waals surface area contributed by atoms with E-state index in [1.807, 2.05) is 22.4 Å². The number of aromatic nitrogens is 2. The van der Waals surface area contributed by atoms with Crippen molar-refractivity contribution in [3.8, 4) is 0 Å². The molecule has 0 bridgehead atoms. The maximum absolute atomic E-state index is 12.5. The van der Waals surface area contributed by atoms with Gasteiger partial charge in [0.25, 0.3) is 5.91 Å². The quantitative estimate of drug-likeness (QED) is 0.730. The number of carbonyl (C=O) groups is 2. The van der Waals surface area contributed by atoms with Crippen LogP contribution in [0.5, 0.6) is 0 Å². The van der Waals surface area contributed by atoms with Crippen LogP contribution in [0.2, 0.25) is 0 Å². The van der Waals surface area contributed by atoms with Gasteiger partial charge >= 0.3 is 5.97 Å². The smallest absolute Gasteiger partial charge is 0.338 e. The zero-order valence-electron chi connectivity index (χ0n) is 13.5. The van der Waals surface area contributed by atoms with Gasteiger partial charge in [-0.05, 0) is 42.5 Å². The number of aromatic amines is 1. The van der Waals surface area contributed by atoms with E-state index in [1.54, 1.807) is 35.7 Å². The van der Waals surface area contributed by atoms with Gasteiger partial charge in [0.05, 0.1) is 23.3 Å². The second-order valence-electron chi connectivity index (χ2n) is 6.01. The molecule has 25 heavy (non-hydrogen) atoms. The molecule has 128 valence electrons. The van der Waals surface area contributed by atoms with Gasteiger partial charge in [0.1, 0.15) is 0 Å². The van der Waals surface area contributed by atoms with Crippen molar-refractivity contribution < 1.29 is 14.3 Å². The average molecular weight is 355 g/mol. The molecule has 1 atom stereocenters. The van der Waals surface area contributed by atoms with Crippen molar-refractivity contribution >= 4 is 34.1 Å². The molecule has 1 aliphatic heterocycles. The summed E-state index contributed by atoms with van der Waals surface area (Å²) in [7, 11) is 0. The minimum Gasteiger partial charge on any atom is -0.452 e. The van der Waals surface area contributed by atoms with Gasteiger partial charge in [0.2, 0.25) is 0 Å². The molecule has 1 aliphatic rings. The fraction of sp³-hybridized carbons (Fsp3) is 0.278. The first-order valence-corrected chi connectivity index (χ1v) is 9.03. The Bertz CT molecular complexity index is 903. The molecule has 0 radical (unpaired) electrons. The predicted molar refractivity (Wildman–Crippen MR) is 94.4 cm³/mol. The van der Waals surface area contributed by atoms with Gasteiger partial charge in [-0.3, -0.25) is 9.89 Å². The summed E-state index contributed by atoms with van der Waals surface area (Å²) >= 11 is 1.65. The summed E-state index contributed by atoms with van der Waals surface area (Å²) in [6.45, 7) is 0.476. The summed E-state index contributed by atoms with van der Waals surface area (Å²) in [4.78, 5) is 27.7. The predicted octanol–water partition coefficient (Wildman–Crippen LogP) is 3.14. The van der Waals surface area contributed by atoms with Gasteiger partial charge in [0.15, 0.2) is 6.61 Å². The minimum absolute atomic E-state index is 0.105. The van der Waals surface area contributed by atoms with E-state index in [9.17, 15) is 9.59 Å². The molecule has 1 aromatic carbocycles. The van der Waals surface area contributed by atoms with Crippen molar-refractivity contribution in [1.82, 2.24) is 15.1 Å². The van der Waals surface area contributed by atoms with Crippen LogP contribution in [-0.4, -0.2) is 40.1 Å². The Morgan fingerprint density at radius 2 is 2.28 bits per heavy atom. The van der Waals surface area contributed by atoms with E-state index in [0.29, 0.717) is 12.1 Å². The van der Waals surface area contributed by atoms with Crippen LogP contribution in [0.1, 0.15) is 34.1 Å². The van der Waals surface area contributed by atoms with Crippen LogP contribution in [-0.2, 0) is 9.53 Å². The monoisotopic (exact) mass is 355 g/mol. The van der Waals surface area contributed by atoms with E-state index in [0.717, 1.165) is 23.7 Å². The van der Waals surface area contributed by atoms with Gasteiger partial charge in [-0.15, -0.1) is 11.3 Å². The lowest BCUT2D eigenvalue weighted by Gasteiger charge is -2.23. The summed E-state index contributed by atoms with van der Waals surface area (Å²) < 4.78 is 5.24. The standard InChI is InChI=1S/C18H17N3O3S/c22-17(21-7-1-3-15(21)16-4-2-8-25-16)11-24-18(23)12-5-6-14-13(9-12)10-19-20-14/h2,4-6,8-10,15H,1,3,7,11H2,(H,19,20)/t15-/m1/s1. The molecular formula is C18H17N3O3S. The summed E-state index contributed by atoms with van der Waals surface area (Å²) in [5, 5.41) is 9.60. The number of carbonyl (C=O) groups excluding carboxylic acids is 2. The van der Waals surface area contributed by atoms with Crippen molar-refractivity contribution in [2.45, 2.75) is 18.9 Å². The summed E-state index contributed by atoms with van der Waals surface area (Å²) in [6.07, 6.45) is 3.57. The van der Waals surface area contributed by atoms with Crippen LogP contribution < -0.4 is 0 Å². The molecule has 0 spiro atoms. The van der Waals surface area contributed by atoms with Gasteiger partial charge in [0, 0.05) is 16.8 Å². The number of hydrogen-bond acceptors (Lipinski definition) is 5. The van der Waals surface area contributed by atoms with Crippen molar-refractivity contribution in [2.24, 2.45) is 0 Å². The zero-order chi connectivity index (χ0) is 17.2. The SMILES string of the molecule is O=C(OCC(=O)N1CCC[C@@H]1c1cccs1)c1ccc2[nH]ncc2c1. The van der Waals surface area contributed by atoms with Crippen molar-refractivity contribution in [3.05, 3.63) is 52.3 Å². The molecule has 0 aliphatic carbocycles. The van der Waals surface area contributed by atoms with E-state index >= 15 is 0 Å². The van der Waals surface area contributed by atoms with Gasteiger partial charge in [-0.2, -0.15) is 5.10 Å². The van der Waals surface area contributed by atoms with Crippen LogP contribution in [0.3, 0.4) is 0 Å². The van der Waals surface area contributed by atoms with E-state index in [4.69, 9.17) is 4.74 Å². The van der Waals surface area contributed by atoms with Crippen molar-refractivity contribution in [2.75, 3.05) is 13.2 Å². The Morgan fingerprint density at radius 1 is 1.36 bits per heavy atom. The Morgan fingerprint density at radius 3 is 3.12 bits per heavy atom. The highest BCUT2D eigenvalue weighted by atomic mass is 32.1. The fourth-order valence-electron chi connectivity index (χ4n) is 3.21. The number of esters is 1. The molecule has 2 aromatic heterocycles. The maximum Gasteiger partial charge on any atom is 0.338 e. The van der Waals surface area contributed by atoms with E-state index in [1.165, 1.54) is 4.88 Å². The van der Waals surface area contributed by atoms with Gasteiger partial charge in [-0.1, -0.05) is 6.07 Å². The lowest BCUT2D eigenvalue weighted by atomic mass is 10.1. The van der Waals surface area contributed by atoms with Crippen molar-refractivity contribution in [3.63, 3.8) is 0 Å². The normalized spacial score (nSPS) is 17.1. The summed E-state index contributed by atoms with van der Waals surface area (Å²) in [5.41, 5.74) is 1.27. The third kappa shape index (κ3) is 3.15. The van der Waals surface area contributed by atoms with Gasteiger partial charge in [-0.25, -0.2) is 4.79 Å². The van der Waals surface area contributed by atoms with Crippen molar-refractivity contribution in [1.29, 1.82) is 0 Å². The molecule has 3 heterocycles. The summed E-state index contributed by atoms with van der Waals surface area (Å²) in [5.74, 6) is -0.642. The number of H-pyrrole nitrogens is 1. The number of likely N-dealkylation sites (tertiary alicyclic amines) is 1. The largest absolute Gasteiger partial charge is 0.452 e. The van der Waals surface area contributed by atoms with Gasteiger partial charge < -0.3 is 9.64 Å². The Hall–Kier alpha value is -2.67. The molecule has 0 saturated carbocycles.